The van der Waals surface area contributed by atoms with E-state index in [1.807, 2.05) is 18.2 Å². The number of nitrogens with zero attached hydrogens (tertiary/aromatic N) is 2. The maximum atomic E-state index is 8.99. The minimum atomic E-state index is 0.337. The average molecular weight is 250 g/mol. The first-order valence-corrected chi connectivity index (χ1v) is 5.80. The Balaban J connectivity index is 2.60. The highest BCUT2D eigenvalue weighted by Crippen LogP contribution is 2.34. The molecule has 16 heavy (non-hydrogen) atoms. The zero-order chi connectivity index (χ0) is 11.5. The molecular formula is C11H8ClN3S. The van der Waals surface area contributed by atoms with Gasteiger partial charge in [-0.2, -0.15) is 5.26 Å². The van der Waals surface area contributed by atoms with E-state index in [4.69, 9.17) is 22.6 Å². The fourth-order valence-corrected chi connectivity index (χ4v) is 2.57. The summed E-state index contributed by atoms with van der Waals surface area (Å²) >= 11 is 7.49. The van der Waals surface area contributed by atoms with Gasteiger partial charge in [-0.05, 0) is 6.07 Å². The summed E-state index contributed by atoms with van der Waals surface area (Å²) in [5.74, 6) is 0. The number of nitriles is 1. The van der Waals surface area contributed by atoms with Crippen molar-refractivity contribution < 1.29 is 0 Å². The third kappa shape index (κ3) is 1.93. The maximum absolute atomic E-state index is 8.99. The summed E-state index contributed by atoms with van der Waals surface area (Å²) in [7, 11) is 0. The predicted octanol–water partition coefficient (Wildman–Crippen LogP) is 2.79. The Morgan fingerprint density at radius 2 is 2.19 bits per heavy atom. The largest absolute Gasteiger partial charge is 0.325 e. The van der Waals surface area contributed by atoms with Crippen molar-refractivity contribution in [3.05, 3.63) is 40.0 Å². The van der Waals surface area contributed by atoms with Crippen molar-refractivity contribution >= 4 is 22.9 Å². The van der Waals surface area contributed by atoms with Crippen LogP contribution < -0.4 is 5.73 Å². The molecule has 0 aliphatic carbocycles. The minimum Gasteiger partial charge on any atom is -0.325 e. The quantitative estimate of drug-likeness (QED) is 0.890. The molecule has 0 unspecified atom stereocenters. The fourth-order valence-electron chi connectivity index (χ4n) is 1.36. The van der Waals surface area contributed by atoms with E-state index in [1.54, 1.807) is 6.07 Å². The lowest BCUT2D eigenvalue weighted by Gasteiger charge is -1.99. The molecule has 0 aliphatic rings. The van der Waals surface area contributed by atoms with Gasteiger partial charge in [-0.25, -0.2) is 4.98 Å². The van der Waals surface area contributed by atoms with E-state index in [2.05, 4.69) is 11.1 Å². The lowest BCUT2D eigenvalue weighted by molar-refractivity contribution is 1.03. The van der Waals surface area contributed by atoms with Crippen molar-refractivity contribution in [3.63, 3.8) is 0 Å². The zero-order valence-electron chi connectivity index (χ0n) is 8.27. The summed E-state index contributed by atoms with van der Waals surface area (Å²) in [5.41, 5.74) is 6.73. The Labute approximate surface area is 102 Å². The molecule has 0 aliphatic heterocycles. The van der Waals surface area contributed by atoms with Crippen LogP contribution in [0.15, 0.2) is 24.3 Å². The smallest absolute Gasteiger partial charge is 0.159 e. The van der Waals surface area contributed by atoms with E-state index >= 15 is 0 Å². The van der Waals surface area contributed by atoms with E-state index in [0.717, 1.165) is 15.4 Å². The Morgan fingerprint density at radius 3 is 2.81 bits per heavy atom. The molecule has 0 spiro atoms. The lowest BCUT2D eigenvalue weighted by atomic mass is 10.1. The Hall–Kier alpha value is -1.41. The molecule has 0 atom stereocenters. The van der Waals surface area contributed by atoms with Gasteiger partial charge in [0.1, 0.15) is 11.1 Å². The first-order valence-electron chi connectivity index (χ1n) is 4.61. The van der Waals surface area contributed by atoms with Crippen molar-refractivity contribution in [1.29, 1.82) is 5.26 Å². The van der Waals surface area contributed by atoms with Crippen LogP contribution in [0.3, 0.4) is 0 Å². The lowest BCUT2D eigenvalue weighted by Crippen LogP contribution is -1.94. The van der Waals surface area contributed by atoms with Crippen LogP contribution in [-0.2, 0) is 6.54 Å². The molecule has 0 saturated heterocycles. The number of benzene rings is 1. The number of aromatic nitrogens is 1. The molecule has 0 radical (unpaired) electrons. The van der Waals surface area contributed by atoms with Crippen LogP contribution in [0.4, 0.5) is 0 Å². The second kappa shape index (κ2) is 4.62. The number of halogens is 1. The number of thiazole rings is 1. The van der Waals surface area contributed by atoms with Gasteiger partial charge in [0, 0.05) is 17.1 Å². The van der Waals surface area contributed by atoms with Crippen LogP contribution in [0.5, 0.6) is 0 Å². The topological polar surface area (TPSA) is 62.7 Å². The molecule has 0 saturated carbocycles. The monoisotopic (exact) mass is 249 g/mol. The van der Waals surface area contributed by atoms with Crippen LogP contribution in [0.2, 0.25) is 5.02 Å². The third-order valence-electron chi connectivity index (χ3n) is 2.07. The normalized spacial score (nSPS) is 10.1. The predicted molar refractivity (Wildman–Crippen MR) is 65.2 cm³/mol. The minimum absolute atomic E-state index is 0.337. The third-order valence-corrected chi connectivity index (χ3v) is 3.51. The Morgan fingerprint density at radius 1 is 1.44 bits per heavy atom. The molecule has 2 aromatic rings. The molecule has 3 nitrogen and oxygen atoms in total. The number of hydrogen-bond donors (Lipinski definition) is 1. The SMILES string of the molecule is N#Cc1nc(CN)sc1-c1ccccc1Cl. The average Bonchev–Trinajstić information content (AvgIpc) is 2.72. The highest BCUT2D eigenvalue weighted by molar-refractivity contribution is 7.15. The highest BCUT2D eigenvalue weighted by Gasteiger charge is 2.13. The van der Waals surface area contributed by atoms with Crippen molar-refractivity contribution in [2.75, 3.05) is 0 Å². The molecule has 1 aromatic heterocycles. The first kappa shape index (κ1) is 11.1. The highest BCUT2D eigenvalue weighted by atomic mass is 35.5. The molecule has 2 N–H and O–H groups in total. The van der Waals surface area contributed by atoms with Crippen LogP contribution in [0.1, 0.15) is 10.7 Å². The van der Waals surface area contributed by atoms with E-state index in [1.165, 1.54) is 11.3 Å². The summed E-state index contributed by atoms with van der Waals surface area (Å²) in [4.78, 5) is 4.92. The maximum Gasteiger partial charge on any atom is 0.159 e. The molecule has 0 bridgehead atoms. The number of rotatable bonds is 2. The second-order valence-electron chi connectivity index (χ2n) is 3.08. The molecule has 0 amide bonds. The van der Waals surface area contributed by atoms with E-state index in [-0.39, 0.29) is 0 Å². The Kier molecular flexibility index (Phi) is 3.20. The van der Waals surface area contributed by atoms with Crippen molar-refractivity contribution in [3.8, 4) is 16.5 Å². The fraction of sp³-hybridized carbons (Fsp3) is 0.0909. The first-order chi connectivity index (χ1) is 7.76. The molecular weight excluding hydrogens is 242 g/mol. The summed E-state index contributed by atoms with van der Waals surface area (Å²) in [6, 6.07) is 9.45. The van der Waals surface area contributed by atoms with Crippen molar-refractivity contribution in [1.82, 2.24) is 4.98 Å². The molecule has 5 heteroatoms. The Bertz CT molecular complexity index is 557. The van der Waals surface area contributed by atoms with Crippen LogP contribution >= 0.6 is 22.9 Å². The van der Waals surface area contributed by atoms with E-state index in [9.17, 15) is 0 Å². The molecule has 0 fully saturated rings. The van der Waals surface area contributed by atoms with Gasteiger partial charge in [0.05, 0.1) is 4.88 Å². The van der Waals surface area contributed by atoms with Crippen LogP contribution in [0.25, 0.3) is 10.4 Å². The van der Waals surface area contributed by atoms with Gasteiger partial charge < -0.3 is 5.73 Å². The van der Waals surface area contributed by atoms with Gasteiger partial charge in [-0.15, -0.1) is 11.3 Å². The van der Waals surface area contributed by atoms with Crippen LogP contribution in [0, 0.1) is 11.3 Å². The van der Waals surface area contributed by atoms with Gasteiger partial charge in [0.2, 0.25) is 0 Å². The summed E-state index contributed by atoms with van der Waals surface area (Å²) < 4.78 is 0. The zero-order valence-corrected chi connectivity index (χ0v) is 9.85. The summed E-state index contributed by atoms with van der Waals surface area (Å²) in [6.45, 7) is 0.337. The van der Waals surface area contributed by atoms with Gasteiger partial charge in [-0.3, -0.25) is 0 Å². The molecule has 1 aromatic carbocycles. The van der Waals surface area contributed by atoms with Crippen LogP contribution in [-0.4, -0.2) is 4.98 Å². The van der Waals surface area contributed by atoms with Gasteiger partial charge in [0.25, 0.3) is 0 Å². The molecule has 1 heterocycles. The second-order valence-corrected chi connectivity index (χ2v) is 4.57. The number of nitrogens with two attached hydrogens (primary N) is 1. The van der Waals surface area contributed by atoms with E-state index < -0.39 is 0 Å². The van der Waals surface area contributed by atoms with Gasteiger partial charge in [0.15, 0.2) is 5.69 Å². The molecule has 2 rings (SSSR count). The van der Waals surface area contributed by atoms with Crippen molar-refractivity contribution in [2.24, 2.45) is 5.73 Å². The summed E-state index contributed by atoms with van der Waals surface area (Å²) in [6.07, 6.45) is 0. The van der Waals surface area contributed by atoms with E-state index in [0.29, 0.717) is 17.3 Å². The van der Waals surface area contributed by atoms with Gasteiger partial charge >= 0.3 is 0 Å². The number of hydrogen-bond acceptors (Lipinski definition) is 4. The summed E-state index contributed by atoms with van der Waals surface area (Å²) in [5, 5.41) is 10.3. The van der Waals surface area contributed by atoms with Crippen molar-refractivity contribution in [2.45, 2.75) is 6.54 Å². The molecule has 80 valence electrons. The standard InChI is InChI=1S/C11H8ClN3S/c12-8-4-2-1-3-7(8)11-9(5-13)15-10(6-14)16-11/h1-4H,6,14H2. The van der Waals surface area contributed by atoms with Gasteiger partial charge in [-0.1, -0.05) is 29.8 Å².